The lowest BCUT2D eigenvalue weighted by Gasteiger charge is -2.13. The van der Waals surface area contributed by atoms with Gasteiger partial charge in [-0.2, -0.15) is 0 Å². The number of thiophene rings is 1. The van der Waals surface area contributed by atoms with Gasteiger partial charge in [-0.3, -0.25) is 4.79 Å². The Morgan fingerprint density at radius 1 is 1.17 bits per heavy atom. The first kappa shape index (κ1) is 22.2. The second-order valence-corrected chi connectivity index (χ2v) is 9.95. The molecule has 0 unspecified atom stereocenters. The quantitative estimate of drug-likeness (QED) is 0.524. The third-order valence-corrected chi connectivity index (χ3v) is 6.69. The Hall–Kier alpha value is -2.49. The Bertz CT molecular complexity index is 1100. The third kappa shape index (κ3) is 6.01. The Morgan fingerprint density at radius 3 is 2.57 bits per heavy atom. The van der Waals surface area contributed by atoms with Crippen molar-refractivity contribution in [3.05, 3.63) is 64.4 Å². The smallest absolute Gasteiger partial charge is 0.236 e. The summed E-state index contributed by atoms with van der Waals surface area (Å²) in [6, 6.07) is 10.8. The Morgan fingerprint density at radius 2 is 1.90 bits per heavy atom. The molecule has 0 bridgehead atoms. The van der Waals surface area contributed by atoms with Crippen LogP contribution in [0.5, 0.6) is 0 Å². The molecular weight excluding hydrogens is 422 g/mol. The van der Waals surface area contributed by atoms with Crippen molar-refractivity contribution in [1.29, 1.82) is 0 Å². The van der Waals surface area contributed by atoms with Crippen LogP contribution in [-0.2, 0) is 33.5 Å². The molecule has 0 radical (unpaired) electrons. The number of hydrogen-bond acceptors (Lipinski definition) is 6. The van der Waals surface area contributed by atoms with Crippen LogP contribution in [-0.4, -0.2) is 25.4 Å². The Balaban J connectivity index is 1.63. The molecule has 7 nitrogen and oxygen atoms in total. The van der Waals surface area contributed by atoms with E-state index in [1.165, 1.54) is 11.3 Å². The van der Waals surface area contributed by atoms with Gasteiger partial charge in [0.2, 0.25) is 21.8 Å². The zero-order valence-electron chi connectivity index (χ0n) is 17.1. The molecule has 2 N–H and O–H groups in total. The molecule has 3 aromatic rings. The minimum Gasteiger partial charge on any atom is -0.440 e. The van der Waals surface area contributed by atoms with Gasteiger partial charge in [-0.05, 0) is 43.3 Å². The van der Waals surface area contributed by atoms with Gasteiger partial charge in [-0.1, -0.05) is 30.3 Å². The molecule has 0 aliphatic heterocycles. The first-order valence-electron chi connectivity index (χ1n) is 9.57. The normalized spacial score (nSPS) is 11.7. The molecule has 2 heterocycles. The van der Waals surface area contributed by atoms with Crippen molar-refractivity contribution in [2.24, 2.45) is 0 Å². The molecule has 3 rings (SSSR count). The summed E-state index contributed by atoms with van der Waals surface area (Å²) in [5.74, 6) is 0.782. The zero-order valence-corrected chi connectivity index (χ0v) is 18.8. The number of sulfonamides is 1. The van der Waals surface area contributed by atoms with Crippen molar-refractivity contribution < 1.29 is 17.6 Å². The van der Waals surface area contributed by atoms with E-state index < -0.39 is 10.0 Å². The molecule has 1 amide bonds. The predicted molar refractivity (Wildman–Crippen MR) is 117 cm³/mol. The molecule has 0 saturated heterocycles. The van der Waals surface area contributed by atoms with E-state index in [1.807, 2.05) is 29.6 Å². The molecule has 0 spiro atoms. The summed E-state index contributed by atoms with van der Waals surface area (Å²) < 4.78 is 32.8. The molecule has 0 fully saturated rings. The van der Waals surface area contributed by atoms with Crippen LogP contribution in [0.25, 0.3) is 10.8 Å². The topological polar surface area (TPSA) is 101 Å². The average Bonchev–Trinajstić information content (AvgIpc) is 3.30. The maximum Gasteiger partial charge on any atom is 0.236 e. The van der Waals surface area contributed by atoms with E-state index in [9.17, 15) is 13.2 Å². The number of nitrogens with one attached hydrogen (secondary N) is 2. The lowest BCUT2D eigenvalue weighted by Crippen LogP contribution is -2.32. The maximum atomic E-state index is 12.5. The summed E-state index contributed by atoms with van der Waals surface area (Å²) in [5, 5.41) is 4.79. The van der Waals surface area contributed by atoms with Crippen molar-refractivity contribution in [2.75, 3.05) is 0 Å². The first-order valence-corrected chi connectivity index (χ1v) is 12.1. The van der Waals surface area contributed by atoms with Crippen LogP contribution in [0.15, 0.2) is 46.2 Å². The SMILES string of the molecule is Cc1oc(-c2cccs2)nc1CC(=O)NCc1ccccc1CS(=O)(=O)NC(C)C. The van der Waals surface area contributed by atoms with Crippen molar-refractivity contribution in [3.63, 3.8) is 0 Å². The minimum absolute atomic E-state index is 0.0933. The number of nitrogens with zero attached hydrogens (tertiary/aromatic N) is 1. The highest BCUT2D eigenvalue weighted by molar-refractivity contribution is 7.88. The summed E-state index contributed by atoms with van der Waals surface area (Å²) in [6.07, 6.45) is 0.0933. The van der Waals surface area contributed by atoms with E-state index >= 15 is 0 Å². The van der Waals surface area contributed by atoms with Gasteiger partial charge in [0.15, 0.2) is 0 Å². The third-order valence-electron chi connectivity index (χ3n) is 4.31. The second-order valence-electron chi connectivity index (χ2n) is 7.25. The molecule has 0 aliphatic rings. The van der Waals surface area contributed by atoms with Gasteiger partial charge < -0.3 is 9.73 Å². The lowest BCUT2D eigenvalue weighted by atomic mass is 10.1. The van der Waals surface area contributed by atoms with E-state index in [2.05, 4.69) is 15.0 Å². The van der Waals surface area contributed by atoms with Gasteiger partial charge in [0.1, 0.15) is 5.76 Å². The van der Waals surface area contributed by atoms with E-state index in [-0.39, 0.29) is 30.7 Å². The van der Waals surface area contributed by atoms with Gasteiger partial charge in [0.25, 0.3) is 0 Å². The second kappa shape index (κ2) is 9.55. The number of carbonyl (C=O) groups is 1. The fraction of sp³-hybridized carbons (Fsp3) is 0.333. The zero-order chi connectivity index (χ0) is 21.7. The highest BCUT2D eigenvalue weighted by Gasteiger charge is 2.17. The van der Waals surface area contributed by atoms with Crippen molar-refractivity contribution in [1.82, 2.24) is 15.0 Å². The van der Waals surface area contributed by atoms with Crippen molar-refractivity contribution in [3.8, 4) is 10.8 Å². The molecule has 30 heavy (non-hydrogen) atoms. The summed E-state index contributed by atoms with van der Waals surface area (Å²) >= 11 is 1.52. The van der Waals surface area contributed by atoms with Crippen molar-refractivity contribution in [2.45, 2.75) is 45.5 Å². The summed E-state index contributed by atoms with van der Waals surface area (Å²) in [4.78, 5) is 17.8. The number of amides is 1. The van der Waals surface area contributed by atoms with Crippen LogP contribution in [0.4, 0.5) is 0 Å². The van der Waals surface area contributed by atoms with E-state index in [0.29, 0.717) is 22.9 Å². The highest BCUT2D eigenvalue weighted by Crippen LogP contribution is 2.26. The van der Waals surface area contributed by atoms with Gasteiger partial charge in [-0.25, -0.2) is 18.1 Å². The lowest BCUT2D eigenvalue weighted by molar-refractivity contribution is -0.120. The van der Waals surface area contributed by atoms with Gasteiger partial charge in [0.05, 0.1) is 22.7 Å². The number of aryl methyl sites for hydroxylation is 1. The number of carbonyl (C=O) groups excluding carboxylic acids is 1. The number of benzene rings is 1. The molecular formula is C21H25N3O4S2. The Kier molecular flexibility index (Phi) is 7.06. The van der Waals surface area contributed by atoms with E-state index in [1.54, 1.807) is 32.9 Å². The fourth-order valence-electron chi connectivity index (χ4n) is 2.98. The summed E-state index contributed by atoms with van der Waals surface area (Å²) in [6.45, 7) is 5.58. The Labute approximate surface area is 180 Å². The fourth-order valence-corrected chi connectivity index (χ4v) is 5.12. The van der Waals surface area contributed by atoms with Crippen molar-refractivity contribution >= 4 is 27.3 Å². The van der Waals surface area contributed by atoms with Crippen LogP contribution in [0.1, 0.15) is 36.4 Å². The highest BCUT2D eigenvalue weighted by atomic mass is 32.2. The number of hydrogen-bond donors (Lipinski definition) is 2. The molecule has 0 atom stereocenters. The van der Waals surface area contributed by atoms with Crippen LogP contribution >= 0.6 is 11.3 Å². The minimum atomic E-state index is -3.45. The van der Waals surface area contributed by atoms with Gasteiger partial charge in [0, 0.05) is 12.6 Å². The number of rotatable bonds is 9. The maximum absolute atomic E-state index is 12.5. The first-order chi connectivity index (χ1) is 14.2. The molecule has 0 saturated carbocycles. The summed E-state index contributed by atoms with van der Waals surface area (Å²) in [7, 11) is -3.45. The molecule has 160 valence electrons. The van der Waals surface area contributed by atoms with Gasteiger partial charge in [-0.15, -0.1) is 11.3 Å². The van der Waals surface area contributed by atoms with Crippen LogP contribution in [0, 0.1) is 6.92 Å². The summed E-state index contributed by atoms with van der Waals surface area (Å²) in [5.41, 5.74) is 2.01. The average molecular weight is 448 g/mol. The van der Waals surface area contributed by atoms with E-state index in [0.717, 1.165) is 10.4 Å². The molecule has 9 heteroatoms. The number of aromatic nitrogens is 1. The van der Waals surface area contributed by atoms with Gasteiger partial charge >= 0.3 is 0 Å². The largest absolute Gasteiger partial charge is 0.440 e. The standard InChI is InChI=1S/C21H25N3O4S2/c1-14(2)24-30(26,27)13-17-8-5-4-7-16(17)12-22-20(25)11-18-15(3)28-21(23-18)19-9-6-10-29-19/h4-10,14,24H,11-13H2,1-3H3,(H,22,25). The molecule has 0 aliphatic carbocycles. The van der Waals surface area contributed by atoms with Crippen LogP contribution < -0.4 is 10.0 Å². The van der Waals surface area contributed by atoms with Crippen LogP contribution in [0.3, 0.4) is 0 Å². The number of oxazole rings is 1. The van der Waals surface area contributed by atoms with Crippen LogP contribution in [0.2, 0.25) is 0 Å². The van der Waals surface area contributed by atoms with E-state index in [4.69, 9.17) is 4.42 Å². The predicted octanol–water partition coefficient (Wildman–Crippen LogP) is 3.40. The monoisotopic (exact) mass is 447 g/mol. The molecule has 2 aromatic heterocycles. The molecule has 1 aromatic carbocycles.